The second-order valence-corrected chi connectivity index (χ2v) is 7.61. The summed E-state index contributed by atoms with van der Waals surface area (Å²) in [5, 5.41) is 1.89. The molecule has 0 saturated carbocycles. The van der Waals surface area contributed by atoms with Gasteiger partial charge in [-0.05, 0) is 49.9 Å². The van der Waals surface area contributed by atoms with Crippen LogP contribution in [0.1, 0.15) is 33.6 Å². The topological polar surface area (TPSA) is 61.4 Å². The maximum Gasteiger partial charge on any atom is 0.339 e. The Hall–Kier alpha value is -3.34. The van der Waals surface area contributed by atoms with E-state index in [0.29, 0.717) is 16.9 Å². The number of carbonyl (C=O) groups is 1. The highest BCUT2D eigenvalue weighted by atomic mass is 16.5. The molecule has 2 heterocycles. The number of aryl methyl sites for hydroxylation is 2. The molecule has 0 saturated heterocycles. The fraction of sp³-hybridized carbons (Fsp3) is 0.250. The number of para-hydroxylation sites is 1. The van der Waals surface area contributed by atoms with E-state index >= 15 is 0 Å². The normalized spacial score (nSPS) is 13.2. The van der Waals surface area contributed by atoms with Crippen molar-refractivity contribution in [2.75, 3.05) is 6.61 Å². The van der Waals surface area contributed by atoms with Crippen molar-refractivity contribution in [2.24, 2.45) is 7.05 Å². The molecule has 1 aliphatic carbocycles. The fourth-order valence-electron chi connectivity index (χ4n) is 4.45. The summed E-state index contributed by atoms with van der Waals surface area (Å²) < 4.78 is 13.3. The zero-order valence-electron chi connectivity index (χ0n) is 16.5. The lowest BCUT2D eigenvalue weighted by atomic mass is 10.1. The minimum absolute atomic E-state index is 0.0739. The fourth-order valence-corrected chi connectivity index (χ4v) is 4.45. The van der Waals surface area contributed by atoms with E-state index in [1.807, 2.05) is 54.9 Å². The summed E-state index contributed by atoms with van der Waals surface area (Å²) >= 11 is 0. The van der Waals surface area contributed by atoms with Gasteiger partial charge in [-0.15, -0.1) is 0 Å². The summed E-state index contributed by atoms with van der Waals surface area (Å²) in [6, 6.07) is 13.3. The van der Waals surface area contributed by atoms with Crippen LogP contribution >= 0.6 is 0 Å². The molecule has 0 fully saturated rings. The van der Waals surface area contributed by atoms with Crippen molar-refractivity contribution in [1.29, 1.82) is 0 Å². The van der Waals surface area contributed by atoms with E-state index < -0.39 is 0 Å². The van der Waals surface area contributed by atoms with Crippen molar-refractivity contribution < 1.29 is 13.9 Å². The molecule has 0 aliphatic heterocycles. The predicted molar refractivity (Wildman–Crippen MR) is 112 cm³/mol. The van der Waals surface area contributed by atoms with Crippen LogP contribution in [-0.4, -0.2) is 17.0 Å². The van der Waals surface area contributed by atoms with Crippen LogP contribution in [0.3, 0.4) is 0 Å². The SMILES string of the molecule is Cc1c(C(=O)COc2ccc3c4c(c(=O)oc3c2)CCC4)c2ccccc2n1C. The van der Waals surface area contributed by atoms with Gasteiger partial charge in [0.2, 0.25) is 5.78 Å². The van der Waals surface area contributed by atoms with Gasteiger partial charge in [-0.2, -0.15) is 0 Å². The molecular formula is C24H21NO4. The molecule has 0 unspecified atom stereocenters. The lowest BCUT2D eigenvalue weighted by Crippen LogP contribution is -2.13. The number of fused-ring (bicyclic) bond motifs is 4. The van der Waals surface area contributed by atoms with Crippen LogP contribution in [0.2, 0.25) is 0 Å². The number of aromatic nitrogens is 1. The largest absolute Gasteiger partial charge is 0.485 e. The Morgan fingerprint density at radius 1 is 1.10 bits per heavy atom. The van der Waals surface area contributed by atoms with E-state index in [1.54, 1.807) is 6.07 Å². The molecule has 5 nitrogen and oxygen atoms in total. The number of nitrogens with zero attached hydrogens (tertiary/aromatic N) is 1. The predicted octanol–water partition coefficient (Wildman–Crippen LogP) is 4.34. The minimum Gasteiger partial charge on any atom is -0.485 e. The van der Waals surface area contributed by atoms with Crippen molar-refractivity contribution in [1.82, 2.24) is 4.57 Å². The molecule has 0 N–H and O–H groups in total. The van der Waals surface area contributed by atoms with Gasteiger partial charge in [0, 0.05) is 46.2 Å². The zero-order valence-corrected chi connectivity index (χ0v) is 16.5. The number of carbonyl (C=O) groups excluding carboxylic acids is 1. The van der Waals surface area contributed by atoms with Gasteiger partial charge in [0.25, 0.3) is 0 Å². The molecule has 5 heteroatoms. The van der Waals surface area contributed by atoms with Crippen molar-refractivity contribution in [3.63, 3.8) is 0 Å². The Morgan fingerprint density at radius 2 is 1.90 bits per heavy atom. The number of rotatable bonds is 4. The Bertz CT molecular complexity index is 1340. The smallest absolute Gasteiger partial charge is 0.339 e. The van der Waals surface area contributed by atoms with E-state index in [9.17, 15) is 9.59 Å². The van der Waals surface area contributed by atoms with E-state index in [2.05, 4.69) is 0 Å². The number of benzene rings is 2. The summed E-state index contributed by atoms with van der Waals surface area (Å²) in [4.78, 5) is 25.1. The standard InChI is InChI=1S/C24H21NO4/c1-14-23(19-6-3-4-9-20(19)25(14)2)21(26)13-28-15-10-11-17-16-7-5-8-18(16)24(27)29-22(17)12-15/h3-4,6,9-12H,5,7-8,13H2,1-2H3. The van der Waals surface area contributed by atoms with Crippen LogP contribution in [0.4, 0.5) is 0 Å². The maximum atomic E-state index is 12.9. The third-order valence-corrected chi connectivity index (χ3v) is 5.99. The number of Topliss-reactive ketones (excluding diaryl/α,β-unsaturated/α-hetero) is 1. The molecule has 1 aliphatic rings. The van der Waals surface area contributed by atoms with Gasteiger partial charge >= 0.3 is 5.63 Å². The molecule has 0 radical (unpaired) electrons. The van der Waals surface area contributed by atoms with Crippen molar-refractivity contribution in [3.05, 3.63) is 75.3 Å². The molecule has 2 aromatic heterocycles. The van der Waals surface area contributed by atoms with Crippen molar-refractivity contribution in [3.8, 4) is 5.75 Å². The van der Waals surface area contributed by atoms with Crippen LogP contribution in [0.25, 0.3) is 21.9 Å². The van der Waals surface area contributed by atoms with Crippen LogP contribution in [0, 0.1) is 6.92 Å². The highest BCUT2D eigenvalue weighted by molar-refractivity contribution is 6.10. The molecule has 0 amide bonds. The van der Waals surface area contributed by atoms with Gasteiger partial charge in [0.1, 0.15) is 11.3 Å². The minimum atomic E-state index is -0.260. The highest BCUT2D eigenvalue weighted by Gasteiger charge is 2.21. The van der Waals surface area contributed by atoms with E-state index in [-0.39, 0.29) is 18.0 Å². The van der Waals surface area contributed by atoms with Crippen LogP contribution in [-0.2, 0) is 19.9 Å². The van der Waals surface area contributed by atoms with Gasteiger partial charge in [-0.25, -0.2) is 4.79 Å². The van der Waals surface area contributed by atoms with E-state index in [0.717, 1.165) is 52.4 Å². The lowest BCUT2D eigenvalue weighted by molar-refractivity contribution is 0.0922. The number of hydrogen-bond donors (Lipinski definition) is 0. The summed E-state index contributed by atoms with van der Waals surface area (Å²) in [6.07, 6.45) is 2.66. The van der Waals surface area contributed by atoms with Gasteiger partial charge < -0.3 is 13.7 Å². The number of ether oxygens (including phenoxy) is 1. The van der Waals surface area contributed by atoms with Gasteiger partial charge in [-0.1, -0.05) is 18.2 Å². The second-order valence-electron chi connectivity index (χ2n) is 7.61. The monoisotopic (exact) mass is 387 g/mol. The maximum absolute atomic E-state index is 12.9. The molecule has 0 bridgehead atoms. The van der Waals surface area contributed by atoms with Gasteiger partial charge in [0.05, 0.1) is 0 Å². The number of ketones is 1. The quantitative estimate of drug-likeness (QED) is 0.386. The first-order chi connectivity index (χ1) is 14.0. The highest BCUT2D eigenvalue weighted by Crippen LogP contribution is 2.30. The molecule has 146 valence electrons. The van der Waals surface area contributed by atoms with Crippen LogP contribution < -0.4 is 10.4 Å². The van der Waals surface area contributed by atoms with Crippen molar-refractivity contribution >= 4 is 27.7 Å². The second kappa shape index (κ2) is 6.62. The molecule has 2 aromatic carbocycles. The Balaban J connectivity index is 1.44. The summed E-state index contributed by atoms with van der Waals surface area (Å²) in [5.74, 6) is 0.444. The van der Waals surface area contributed by atoms with E-state index in [4.69, 9.17) is 9.15 Å². The van der Waals surface area contributed by atoms with Gasteiger partial charge in [-0.3, -0.25) is 4.79 Å². The summed E-state index contributed by atoms with van der Waals surface area (Å²) in [6.45, 7) is 1.87. The van der Waals surface area contributed by atoms with E-state index in [1.165, 1.54) is 0 Å². The Kier molecular flexibility index (Phi) is 4.05. The molecule has 0 spiro atoms. The first-order valence-corrected chi connectivity index (χ1v) is 9.83. The third kappa shape index (κ3) is 2.77. The molecule has 0 atom stereocenters. The lowest BCUT2D eigenvalue weighted by Gasteiger charge is -2.09. The average molecular weight is 387 g/mol. The van der Waals surface area contributed by atoms with Crippen molar-refractivity contribution in [2.45, 2.75) is 26.2 Å². The molecule has 5 rings (SSSR count). The first kappa shape index (κ1) is 17.7. The molecule has 4 aromatic rings. The first-order valence-electron chi connectivity index (χ1n) is 9.83. The van der Waals surface area contributed by atoms with Crippen LogP contribution in [0.15, 0.2) is 51.7 Å². The third-order valence-electron chi connectivity index (χ3n) is 5.99. The summed E-state index contributed by atoms with van der Waals surface area (Å²) in [5.41, 5.74) is 4.77. The Labute approximate surface area is 167 Å². The average Bonchev–Trinajstić information content (AvgIpc) is 3.31. The zero-order chi connectivity index (χ0) is 20.1. The Morgan fingerprint density at radius 3 is 2.76 bits per heavy atom. The molecular weight excluding hydrogens is 366 g/mol. The van der Waals surface area contributed by atoms with Crippen LogP contribution in [0.5, 0.6) is 5.75 Å². The summed E-state index contributed by atoms with van der Waals surface area (Å²) in [7, 11) is 1.96. The van der Waals surface area contributed by atoms with Gasteiger partial charge in [0.15, 0.2) is 6.61 Å². The number of hydrogen-bond acceptors (Lipinski definition) is 4. The molecule has 29 heavy (non-hydrogen) atoms.